The van der Waals surface area contributed by atoms with Gasteiger partial charge in [-0.3, -0.25) is 9.59 Å². The number of nitrogens with zero attached hydrogens (tertiary/aromatic N) is 1. The highest BCUT2D eigenvalue weighted by Gasteiger charge is 2.23. The van der Waals surface area contributed by atoms with Crippen molar-refractivity contribution in [3.8, 4) is 11.5 Å². The summed E-state index contributed by atoms with van der Waals surface area (Å²) in [6.07, 6.45) is 4.80. The zero-order valence-corrected chi connectivity index (χ0v) is 16.8. The van der Waals surface area contributed by atoms with Crippen LogP contribution >= 0.6 is 0 Å². The maximum Gasteiger partial charge on any atom is 0.251 e. The van der Waals surface area contributed by atoms with E-state index in [4.69, 9.17) is 9.47 Å². The van der Waals surface area contributed by atoms with E-state index in [9.17, 15) is 9.59 Å². The summed E-state index contributed by atoms with van der Waals surface area (Å²) in [6.45, 7) is 1.23. The largest absolute Gasteiger partial charge is 0.497 e. The number of hydrogen-bond acceptors (Lipinski definition) is 4. The van der Waals surface area contributed by atoms with E-state index in [2.05, 4.69) is 5.32 Å². The molecule has 0 atom stereocenters. The Hall–Kier alpha value is -3.28. The van der Waals surface area contributed by atoms with Gasteiger partial charge in [0.1, 0.15) is 11.5 Å². The first-order chi connectivity index (χ1) is 14.1. The Balaban J connectivity index is 1.52. The number of piperidine rings is 1. The van der Waals surface area contributed by atoms with Gasteiger partial charge < -0.3 is 19.7 Å². The lowest BCUT2D eigenvalue weighted by Crippen LogP contribution is -2.46. The van der Waals surface area contributed by atoms with Crippen molar-refractivity contribution in [2.24, 2.45) is 0 Å². The molecular formula is C23H26N2O4. The maximum atomic E-state index is 12.5. The number of ether oxygens (including phenoxy) is 2. The summed E-state index contributed by atoms with van der Waals surface area (Å²) in [5.41, 5.74) is 1.47. The summed E-state index contributed by atoms with van der Waals surface area (Å²) in [5, 5.41) is 3.06. The number of amides is 2. The second-order valence-corrected chi connectivity index (χ2v) is 6.88. The van der Waals surface area contributed by atoms with Crippen LogP contribution in [0.3, 0.4) is 0 Å². The maximum absolute atomic E-state index is 12.5. The summed E-state index contributed by atoms with van der Waals surface area (Å²) >= 11 is 0. The van der Waals surface area contributed by atoms with E-state index >= 15 is 0 Å². The molecule has 2 amide bonds. The third-order valence-electron chi connectivity index (χ3n) is 5.02. The van der Waals surface area contributed by atoms with E-state index in [1.54, 1.807) is 49.5 Å². The number of rotatable bonds is 6. The van der Waals surface area contributed by atoms with Gasteiger partial charge in [-0.05, 0) is 43.2 Å². The van der Waals surface area contributed by atoms with Crippen molar-refractivity contribution >= 4 is 17.9 Å². The quantitative estimate of drug-likeness (QED) is 0.765. The molecular weight excluding hydrogens is 368 g/mol. The van der Waals surface area contributed by atoms with Crippen molar-refractivity contribution in [1.82, 2.24) is 10.2 Å². The molecule has 1 saturated heterocycles. The molecule has 29 heavy (non-hydrogen) atoms. The monoisotopic (exact) mass is 394 g/mol. The number of methoxy groups -OCH3 is 2. The van der Waals surface area contributed by atoms with E-state index in [0.717, 1.165) is 18.4 Å². The lowest BCUT2D eigenvalue weighted by Gasteiger charge is -2.31. The number of hydrogen-bond donors (Lipinski definition) is 1. The molecule has 2 aromatic rings. The van der Waals surface area contributed by atoms with Crippen molar-refractivity contribution in [1.29, 1.82) is 0 Å². The number of benzene rings is 2. The Morgan fingerprint density at radius 3 is 2.41 bits per heavy atom. The molecule has 0 aliphatic carbocycles. The zero-order chi connectivity index (χ0) is 20.6. The van der Waals surface area contributed by atoms with E-state index in [0.29, 0.717) is 30.2 Å². The number of carbonyl (C=O) groups is 2. The van der Waals surface area contributed by atoms with Gasteiger partial charge in [0.2, 0.25) is 5.91 Å². The molecule has 6 heteroatoms. The average Bonchev–Trinajstić information content (AvgIpc) is 2.78. The lowest BCUT2D eigenvalue weighted by molar-refractivity contribution is -0.126. The van der Waals surface area contributed by atoms with Crippen LogP contribution < -0.4 is 14.8 Å². The van der Waals surface area contributed by atoms with Crippen LogP contribution in [0.25, 0.3) is 6.08 Å². The van der Waals surface area contributed by atoms with Crippen molar-refractivity contribution in [2.75, 3.05) is 27.3 Å². The molecule has 0 unspecified atom stereocenters. The smallest absolute Gasteiger partial charge is 0.251 e. The molecule has 1 fully saturated rings. The summed E-state index contributed by atoms with van der Waals surface area (Å²) < 4.78 is 10.5. The Labute approximate surface area is 171 Å². The molecule has 152 valence electrons. The van der Waals surface area contributed by atoms with Crippen LogP contribution in [0.2, 0.25) is 0 Å². The Bertz CT molecular complexity index is 872. The molecule has 2 aromatic carbocycles. The van der Waals surface area contributed by atoms with Crippen molar-refractivity contribution in [2.45, 2.75) is 18.9 Å². The highest BCUT2D eigenvalue weighted by Crippen LogP contribution is 2.25. The summed E-state index contributed by atoms with van der Waals surface area (Å²) in [5.74, 6) is 1.23. The minimum Gasteiger partial charge on any atom is -0.497 e. The molecule has 0 saturated carbocycles. The van der Waals surface area contributed by atoms with Crippen LogP contribution in [0.4, 0.5) is 0 Å². The van der Waals surface area contributed by atoms with Crippen molar-refractivity contribution in [3.05, 3.63) is 65.7 Å². The number of likely N-dealkylation sites (tertiary alicyclic amines) is 1. The average molecular weight is 394 g/mol. The van der Waals surface area contributed by atoms with Gasteiger partial charge in [0.25, 0.3) is 5.91 Å². The summed E-state index contributed by atoms with van der Waals surface area (Å²) in [6, 6.07) is 14.7. The second-order valence-electron chi connectivity index (χ2n) is 6.88. The van der Waals surface area contributed by atoms with Gasteiger partial charge in [-0.1, -0.05) is 18.2 Å². The fourth-order valence-corrected chi connectivity index (χ4v) is 3.33. The van der Waals surface area contributed by atoms with Crippen molar-refractivity contribution in [3.63, 3.8) is 0 Å². The fraction of sp³-hybridized carbons (Fsp3) is 0.304. The molecule has 6 nitrogen and oxygen atoms in total. The van der Waals surface area contributed by atoms with Crippen LogP contribution in [0.15, 0.2) is 54.6 Å². The molecule has 0 aromatic heterocycles. The third kappa shape index (κ3) is 5.38. The number of nitrogens with one attached hydrogen (secondary N) is 1. The molecule has 1 N–H and O–H groups in total. The van der Waals surface area contributed by atoms with Gasteiger partial charge in [0, 0.05) is 42.4 Å². The van der Waals surface area contributed by atoms with Crippen LogP contribution in [-0.4, -0.2) is 50.1 Å². The summed E-state index contributed by atoms with van der Waals surface area (Å²) in [4.78, 5) is 26.6. The van der Waals surface area contributed by atoms with Gasteiger partial charge >= 0.3 is 0 Å². The molecule has 1 aliphatic heterocycles. The standard InChI is InChI=1S/C23H26N2O4/c1-28-20-10-8-17(21(16-20)29-2)9-11-22(26)25-14-12-19(13-15-25)24-23(27)18-6-4-3-5-7-18/h3-11,16,19H,12-15H2,1-2H3,(H,24,27)/b11-9+. The highest BCUT2D eigenvalue weighted by molar-refractivity contribution is 5.94. The van der Waals surface area contributed by atoms with Crippen molar-refractivity contribution < 1.29 is 19.1 Å². The van der Waals surface area contributed by atoms with Gasteiger partial charge in [-0.2, -0.15) is 0 Å². The third-order valence-corrected chi connectivity index (χ3v) is 5.02. The Morgan fingerprint density at radius 2 is 1.76 bits per heavy atom. The second kappa shape index (κ2) is 9.78. The molecule has 1 heterocycles. The minimum absolute atomic E-state index is 0.0456. The van der Waals surface area contributed by atoms with Crippen LogP contribution in [-0.2, 0) is 4.79 Å². The molecule has 0 bridgehead atoms. The predicted octanol–water partition coefficient (Wildman–Crippen LogP) is 3.14. The minimum atomic E-state index is -0.0677. The van der Waals surface area contributed by atoms with Gasteiger partial charge in [0.15, 0.2) is 0 Å². The Kier molecular flexibility index (Phi) is 6.89. The molecule has 1 aliphatic rings. The zero-order valence-electron chi connectivity index (χ0n) is 16.8. The van der Waals surface area contributed by atoms with Crippen LogP contribution in [0.5, 0.6) is 11.5 Å². The Morgan fingerprint density at radius 1 is 1.03 bits per heavy atom. The highest BCUT2D eigenvalue weighted by atomic mass is 16.5. The van der Waals surface area contributed by atoms with Gasteiger partial charge in [-0.25, -0.2) is 0 Å². The van der Waals surface area contributed by atoms with Crippen LogP contribution in [0, 0.1) is 0 Å². The first-order valence-corrected chi connectivity index (χ1v) is 9.65. The molecule has 0 radical (unpaired) electrons. The fourth-order valence-electron chi connectivity index (χ4n) is 3.33. The molecule has 3 rings (SSSR count). The van der Waals surface area contributed by atoms with Crippen LogP contribution in [0.1, 0.15) is 28.8 Å². The van der Waals surface area contributed by atoms with E-state index in [1.807, 2.05) is 30.3 Å². The first kappa shape index (κ1) is 20.5. The van der Waals surface area contributed by atoms with E-state index < -0.39 is 0 Å². The SMILES string of the molecule is COc1ccc(/C=C/C(=O)N2CCC(NC(=O)c3ccccc3)CC2)c(OC)c1. The topological polar surface area (TPSA) is 67.9 Å². The first-order valence-electron chi connectivity index (χ1n) is 9.65. The van der Waals surface area contributed by atoms with Gasteiger partial charge in [-0.15, -0.1) is 0 Å². The predicted molar refractivity (Wildman–Crippen MR) is 112 cm³/mol. The van der Waals surface area contributed by atoms with Gasteiger partial charge in [0.05, 0.1) is 14.2 Å². The van der Waals surface area contributed by atoms with E-state index in [-0.39, 0.29) is 17.9 Å². The number of carbonyl (C=O) groups excluding carboxylic acids is 2. The molecule has 0 spiro atoms. The lowest BCUT2D eigenvalue weighted by atomic mass is 10.0. The normalized spacial score (nSPS) is 14.6. The summed E-state index contributed by atoms with van der Waals surface area (Å²) in [7, 11) is 3.18. The van der Waals surface area contributed by atoms with E-state index in [1.165, 1.54) is 0 Å².